The summed E-state index contributed by atoms with van der Waals surface area (Å²) in [6.07, 6.45) is 0.768. The maximum absolute atomic E-state index is 11.6. The molecule has 0 spiro atoms. The highest BCUT2D eigenvalue weighted by Gasteiger charge is 2.26. The number of hydrogen-bond donors (Lipinski definition) is 1. The zero-order valence-electron chi connectivity index (χ0n) is 11.5. The standard InChI is InChI=1S/C12H23NO5/c1-5-9(2)11(12(15)17-4)13-10(14)8-18-7-6-16-3/h9,11H,5-8H2,1-4H3,(H,13,14)/t9-,11+/m0/s1. The topological polar surface area (TPSA) is 73.9 Å². The van der Waals surface area contributed by atoms with Gasteiger partial charge in [-0.1, -0.05) is 20.3 Å². The van der Waals surface area contributed by atoms with Crippen molar-refractivity contribution in [3.05, 3.63) is 0 Å². The van der Waals surface area contributed by atoms with Crippen LogP contribution < -0.4 is 5.32 Å². The molecule has 1 N–H and O–H groups in total. The summed E-state index contributed by atoms with van der Waals surface area (Å²) in [6.45, 7) is 4.51. The first-order valence-corrected chi connectivity index (χ1v) is 6.00. The van der Waals surface area contributed by atoms with Gasteiger partial charge in [0, 0.05) is 7.11 Å². The Balaban J connectivity index is 4.15. The van der Waals surface area contributed by atoms with Crippen LogP contribution in [0.4, 0.5) is 0 Å². The third-order valence-corrected chi connectivity index (χ3v) is 2.65. The van der Waals surface area contributed by atoms with E-state index in [4.69, 9.17) is 9.47 Å². The molecule has 0 aliphatic rings. The Hall–Kier alpha value is -1.14. The van der Waals surface area contributed by atoms with Crippen molar-refractivity contribution in [1.29, 1.82) is 0 Å². The van der Waals surface area contributed by atoms with Gasteiger partial charge in [-0.25, -0.2) is 4.79 Å². The van der Waals surface area contributed by atoms with Crippen LogP contribution in [0, 0.1) is 5.92 Å². The number of esters is 1. The number of nitrogens with one attached hydrogen (secondary N) is 1. The molecule has 0 aromatic carbocycles. The van der Waals surface area contributed by atoms with Gasteiger partial charge in [0.2, 0.25) is 5.91 Å². The molecule has 0 aliphatic carbocycles. The predicted molar refractivity (Wildman–Crippen MR) is 66.1 cm³/mol. The van der Waals surface area contributed by atoms with E-state index in [0.29, 0.717) is 13.2 Å². The summed E-state index contributed by atoms with van der Waals surface area (Å²) in [5.74, 6) is -0.753. The summed E-state index contributed by atoms with van der Waals surface area (Å²) in [7, 11) is 2.86. The molecular formula is C12H23NO5. The fourth-order valence-corrected chi connectivity index (χ4v) is 1.32. The predicted octanol–water partition coefficient (Wildman–Crippen LogP) is 0.353. The minimum absolute atomic E-state index is 0.0142. The molecule has 18 heavy (non-hydrogen) atoms. The summed E-state index contributed by atoms with van der Waals surface area (Å²) in [6, 6.07) is -0.626. The van der Waals surface area contributed by atoms with E-state index in [1.165, 1.54) is 7.11 Å². The number of rotatable bonds is 9. The molecule has 0 rings (SSSR count). The van der Waals surface area contributed by atoms with Crippen LogP contribution in [0.15, 0.2) is 0 Å². The first-order chi connectivity index (χ1) is 8.56. The van der Waals surface area contributed by atoms with Gasteiger partial charge in [-0.2, -0.15) is 0 Å². The first kappa shape index (κ1) is 16.9. The van der Waals surface area contributed by atoms with Crippen LogP contribution in [-0.2, 0) is 23.8 Å². The second kappa shape index (κ2) is 9.85. The van der Waals surface area contributed by atoms with Crippen LogP contribution in [0.1, 0.15) is 20.3 Å². The van der Waals surface area contributed by atoms with Crippen LogP contribution >= 0.6 is 0 Å². The molecule has 6 heteroatoms. The van der Waals surface area contributed by atoms with Crippen molar-refractivity contribution < 1.29 is 23.8 Å². The molecule has 2 atom stereocenters. The second-order valence-corrected chi connectivity index (χ2v) is 4.00. The summed E-state index contributed by atoms with van der Waals surface area (Å²) in [5.41, 5.74) is 0. The van der Waals surface area contributed by atoms with Crippen molar-refractivity contribution in [1.82, 2.24) is 5.32 Å². The van der Waals surface area contributed by atoms with Crippen molar-refractivity contribution >= 4 is 11.9 Å². The van der Waals surface area contributed by atoms with E-state index in [0.717, 1.165) is 6.42 Å². The maximum Gasteiger partial charge on any atom is 0.328 e. The summed E-state index contributed by atoms with van der Waals surface area (Å²) in [5, 5.41) is 2.62. The van der Waals surface area contributed by atoms with E-state index in [2.05, 4.69) is 10.1 Å². The molecule has 106 valence electrons. The average Bonchev–Trinajstić information content (AvgIpc) is 2.39. The van der Waals surface area contributed by atoms with Crippen LogP contribution in [0.3, 0.4) is 0 Å². The molecule has 0 aliphatic heterocycles. The van der Waals surface area contributed by atoms with E-state index in [1.54, 1.807) is 7.11 Å². The quantitative estimate of drug-likeness (QED) is 0.479. The van der Waals surface area contributed by atoms with E-state index in [-0.39, 0.29) is 18.4 Å². The lowest BCUT2D eigenvalue weighted by Crippen LogP contribution is -2.47. The summed E-state index contributed by atoms with van der Waals surface area (Å²) >= 11 is 0. The second-order valence-electron chi connectivity index (χ2n) is 4.00. The third-order valence-electron chi connectivity index (χ3n) is 2.65. The number of ether oxygens (including phenoxy) is 3. The minimum atomic E-state index is -0.626. The average molecular weight is 261 g/mol. The van der Waals surface area contributed by atoms with Gasteiger partial charge in [0.05, 0.1) is 20.3 Å². The lowest BCUT2D eigenvalue weighted by atomic mass is 9.99. The van der Waals surface area contributed by atoms with Gasteiger partial charge in [0.1, 0.15) is 12.6 Å². The van der Waals surface area contributed by atoms with E-state index in [1.807, 2.05) is 13.8 Å². The third kappa shape index (κ3) is 6.56. The van der Waals surface area contributed by atoms with Crippen molar-refractivity contribution in [2.45, 2.75) is 26.3 Å². The molecule has 0 radical (unpaired) electrons. The fraction of sp³-hybridized carbons (Fsp3) is 0.833. The number of amides is 1. The van der Waals surface area contributed by atoms with Crippen LogP contribution in [-0.4, -0.2) is 52.0 Å². The van der Waals surface area contributed by atoms with Crippen molar-refractivity contribution in [3.63, 3.8) is 0 Å². The molecule has 1 amide bonds. The summed E-state index contributed by atoms with van der Waals surface area (Å²) < 4.78 is 14.5. The zero-order valence-corrected chi connectivity index (χ0v) is 11.5. The molecular weight excluding hydrogens is 238 g/mol. The minimum Gasteiger partial charge on any atom is -0.467 e. The Morgan fingerprint density at radius 3 is 2.39 bits per heavy atom. The Labute approximate surface area is 108 Å². The van der Waals surface area contributed by atoms with Gasteiger partial charge in [0.25, 0.3) is 0 Å². The molecule has 0 heterocycles. The molecule has 0 unspecified atom stereocenters. The van der Waals surface area contributed by atoms with Crippen LogP contribution in [0.5, 0.6) is 0 Å². The maximum atomic E-state index is 11.6. The van der Waals surface area contributed by atoms with Gasteiger partial charge >= 0.3 is 5.97 Å². The molecule has 0 fully saturated rings. The molecule has 0 saturated carbocycles. The highest BCUT2D eigenvalue weighted by Crippen LogP contribution is 2.09. The Morgan fingerprint density at radius 1 is 1.22 bits per heavy atom. The monoisotopic (exact) mass is 261 g/mol. The van der Waals surface area contributed by atoms with Gasteiger partial charge in [-0.3, -0.25) is 4.79 Å². The first-order valence-electron chi connectivity index (χ1n) is 6.00. The highest BCUT2D eigenvalue weighted by molar-refractivity contribution is 5.85. The normalized spacial score (nSPS) is 13.8. The molecule has 0 aromatic heterocycles. The van der Waals surface area contributed by atoms with Gasteiger partial charge in [-0.15, -0.1) is 0 Å². The zero-order chi connectivity index (χ0) is 14.0. The van der Waals surface area contributed by atoms with E-state index >= 15 is 0 Å². The highest BCUT2D eigenvalue weighted by atomic mass is 16.5. The van der Waals surface area contributed by atoms with E-state index < -0.39 is 12.0 Å². The lowest BCUT2D eigenvalue weighted by Gasteiger charge is -2.21. The van der Waals surface area contributed by atoms with Gasteiger partial charge < -0.3 is 19.5 Å². The smallest absolute Gasteiger partial charge is 0.328 e. The number of hydrogen-bond acceptors (Lipinski definition) is 5. The van der Waals surface area contributed by atoms with Crippen molar-refractivity contribution in [2.75, 3.05) is 34.0 Å². The molecule has 0 aromatic rings. The lowest BCUT2D eigenvalue weighted by molar-refractivity contribution is -0.147. The van der Waals surface area contributed by atoms with Crippen LogP contribution in [0.25, 0.3) is 0 Å². The van der Waals surface area contributed by atoms with Gasteiger partial charge in [-0.05, 0) is 5.92 Å². The SMILES string of the molecule is CC[C@H](C)[C@@H](NC(=O)COCCOC)C(=O)OC. The van der Waals surface area contributed by atoms with Crippen molar-refractivity contribution in [3.8, 4) is 0 Å². The number of methoxy groups -OCH3 is 2. The molecule has 6 nitrogen and oxygen atoms in total. The van der Waals surface area contributed by atoms with E-state index in [9.17, 15) is 9.59 Å². The fourth-order valence-electron chi connectivity index (χ4n) is 1.32. The Kier molecular flexibility index (Phi) is 9.22. The summed E-state index contributed by atoms with van der Waals surface area (Å²) in [4.78, 5) is 23.1. The number of carbonyl (C=O) groups excluding carboxylic acids is 2. The van der Waals surface area contributed by atoms with Crippen LogP contribution in [0.2, 0.25) is 0 Å². The van der Waals surface area contributed by atoms with Crippen molar-refractivity contribution in [2.24, 2.45) is 5.92 Å². The van der Waals surface area contributed by atoms with Gasteiger partial charge in [0.15, 0.2) is 0 Å². The largest absolute Gasteiger partial charge is 0.467 e. The number of carbonyl (C=O) groups is 2. The Bertz CT molecular complexity index is 257. The Morgan fingerprint density at radius 2 is 1.89 bits per heavy atom. The molecule has 0 bridgehead atoms. The molecule has 0 saturated heterocycles.